The second kappa shape index (κ2) is 12.5. The quantitative estimate of drug-likeness (QED) is 0.387. The summed E-state index contributed by atoms with van der Waals surface area (Å²) in [7, 11) is -3.67. The maximum Gasteiger partial charge on any atom is 0.260 e. The van der Waals surface area contributed by atoms with E-state index in [9.17, 15) is 18.0 Å². The largest absolute Gasteiger partial charge is 0.484 e. The van der Waals surface area contributed by atoms with Crippen molar-refractivity contribution in [2.45, 2.75) is 39.0 Å². The van der Waals surface area contributed by atoms with E-state index in [1.54, 1.807) is 36.4 Å². The number of benzene rings is 2. The Morgan fingerprint density at radius 1 is 1.06 bits per heavy atom. The van der Waals surface area contributed by atoms with Crippen molar-refractivity contribution in [2.24, 2.45) is 5.10 Å². The van der Waals surface area contributed by atoms with Gasteiger partial charge in [-0.1, -0.05) is 26.0 Å². The molecule has 0 saturated carbocycles. The number of sulfonamides is 1. The molecule has 0 spiro atoms. The molecule has 0 aliphatic carbocycles. The molecule has 1 fully saturated rings. The van der Waals surface area contributed by atoms with Gasteiger partial charge in [-0.15, -0.1) is 0 Å². The number of hydrogen-bond acceptors (Lipinski definition) is 6. The van der Waals surface area contributed by atoms with Crippen LogP contribution in [0.15, 0.2) is 53.6 Å². The van der Waals surface area contributed by atoms with Crippen LogP contribution in [0, 0.1) is 0 Å². The van der Waals surface area contributed by atoms with E-state index in [1.165, 1.54) is 6.21 Å². The molecule has 0 atom stereocenters. The summed E-state index contributed by atoms with van der Waals surface area (Å²) in [5.74, 6) is 0.294. The van der Waals surface area contributed by atoms with Crippen molar-refractivity contribution >= 4 is 33.7 Å². The first kappa shape index (κ1) is 27.2. The van der Waals surface area contributed by atoms with Gasteiger partial charge in [0.05, 0.1) is 18.2 Å². The maximum absolute atomic E-state index is 12.4. The molecule has 9 nitrogen and oxygen atoms in total. The Hall–Kier alpha value is -3.40. The molecule has 0 radical (unpaired) electrons. The number of likely N-dealkylation sites (tertiary alicyclic amines) is 1. The fourth-order valence-electron chi connectivity index (χ4n) is 3.80. The predicted octanol–water partition coefficient (Wildman–Crippen LogP) is 3.12. The van der Waals surface area contributed by atoms with E-state index in [4.69, 9.17) is 4.74 Å². The van der Waals surface area contributed by atoms with Gasteiger partial charge in [0.2, 0.25) is 10.0 Å². The topological polar surface area (TPSA) is 108 Å². The minimum atomic E-state index is -3.67. The summed E-state index contributed by atoms with van der Waals surface area (Å²) in [6.45, 7) is 5.28. The summed E-state index contributed by atoms with van der Waals surface area (Å²) in [6.07, 6.45) is 5.74. The van der Waals surface area contributed by atoms with Crippen LogP contribution in [0.25, 0.3) is 0 Å². The van der Waals surface area contributed by atoms with Gasteiger partial charge in [-0.2, -0.15) is 5.10 Å². The molecule has 2 aromatic carbocycles. The van der Waals surface area contributed by atoms with Crippen LogP contribution < -0.4 is 14.5 Å². The molecular formula is C26H34N4O5S. The van der Waals surface area contributed by atoms with Gasteiger partial charge < -0.3 is 9.64 Å². The lowest BCUT2D eigenvalue weighted by atomic mass is 10.0. The first-order valence-corrected chi connectivity index (χ1v) is 13.9. The zero-order chi connectivity index (χ0) is 26.1. The fraction of sp³-hybridized carbons (Fsp3) is 0.423. The van der Waals surface area contributed by atoms with Crippen molar-refractivity contribution in [3.8, 4) is 5.75 Å². The number of piperidine rings is 1. The standard InChI is InChI=1S/C26H34N4O5S/c1-20(2)22-9-11-23(12-10-22)30(36(3,33)34)18-25(31)28-27-17-21-7-13-24(14-8-21)35-19-26(32)29-15-5-4-6-16-29/h7-14,17,20H,4-6,15-16,18-19H2,1-3H3,(H,28,31)/b27-17-. The van der Waals surface area contributed by atoms with Crippen molar-refractivity contribution in [1.82, 2.24) is 10.3 Å². The number of hydrazone groups is 1. The highest BCUT2D eigenvalue weighted by atomic mass is 32.2. The van der Waals surface area contributed by atoms with E-state index in [-0.39, 0.29) is 12.5 Å². The number of nitrogens with one attached hydrogen (secondary N) is 1. The summed E-state index contributed by atoms with van der Waals surface area (Å²) in [5, 5.41) is 3.93. The van der Waals surface area contributed by atoms with Gasteiger partial charge >= 0.3 is 0 Å². The second-order valence-electron chi connectivity index (χ2n) is 9.11. The van der Waals surface area contributed by atoms with Crippen LogP contribution in [0.5, 0.6) is 5.75 Å². The van der Waals surface area contributed by atoms with Crippen LogP contribution in [0.4, 0.5) is 5.69 Å². The van der Waals surface area contributed by atoms with Gasteiger partial charge in [0, 0.05) is 13.1 Å². The van der Waals surface area contributed by atoms with Crippen molar-refractivity contribution in [3.63, 3.8) is 0 Å². The number of hydrogen-bond donors (Lipinski definition) is 1. The Bertz CT molecular complexity index is 1160. The van der Waals surface area contributed by atoms with E-state index in [1.807, 2.05) is 30.9 Å². The molecule has 3 rings (SSSR count). The third-order valence-corrected chi connectivity index (χ3v) is 7.03. The Labute approximate surface area is 213 Å². The molecule has 36 heavy (non-hydrogen) atoms. The summed E-state index contributed by atoms with van der Waals surface area (Å²) in [5.41, 5.74) is 4.56. The fourth-order valence-corrected chi connectivity index (χ4v) is 4.66. The summed E-state index contributed by atoms with van der Waals surface area (Å²) >= 11 is 0. The Morgan fingerprint density at radius 3 is 2.28 bits per heavy atom. The maximum atomic E-state index is 12.4. The first-order valence-electron chi connectivity index (χ1n) is 12.0. The lowest BCUT2D eigenvalue weighted by Gasteiger charge is -2.26. The predicted molar refractivity (Wildman–Crippen MR) is 141 cm³/mol. The molecule has 0 aromatic heterocycles. The molecule has 1 aliphatic rings. The Balaban J connectivity index is 1.51. The van der Waals surface area contributed by atoms with E-state index < -0.39 is 22.5 Å². The molecule has 1 saturated heterocycles. The van der Waals surface area contributed by atoms with Crippen LogP contribution in [0.1, 0.15) is 50.2 Å². The number of carbonyl (C=O) groups is 2. The van der Waals surface area contributed by atoms with Gasteiger partial charge in [0.25, 0.3) is 11.8 Å². The number of amides is 2. The van der Waals surface area contributed by atoms with Crippen LogP contribution >= 0.6 is 0 Å². The van der Waals surface area contributed by atoms with Crippen molar-refractivity contribution < 1.29 is 22.7 Å². The average Bonchev–Trinajstić information content (AvgIpc) is 2.86. The van der Waals surface area contributed by atoms with Crippen molar-refractivity contribution in [2.75, 3.05) is 36.8 Å². The number of anilines is 1. The second-order valence-corrected chi connectivity index (χ2v) is 11.0. The molecule has 0 unspecified atom stereocenters. The summed E-state index contributed by atoms with van der Waals surface area (Å²) in [6, 6.07) is 14.0. The minimum Gasteiger partial charge on any atom is -0.484 e. The van der Waals surface area contributed by atoms with Crippen molar-refractivity contribution in [1.29, 1.82) is 0 Å². The summed E-state index contributed by atoms with van der Waals surface area (Å²) < 4.78 is 31.2. The number of carbonyl (C=O) groups excluding carboxylic acids is 2. The van der Waals surface area contributed by atoms with Gasteiger partial charge in [-0.05, 0) is 72.7 Å². The number of ether oxygens (including phenoxy) is 1. The molecule has 2 aromatic rings. The van der Waals surface area contributed by atoms with Gasteiger partial charge in [0.1, 0.15) is 12.3 Å². The van der Waals surface area contributed by atoms with E-state index in [0.29, 0.717) is 22.9 Å². The lowest BCUT2D eigenvalue weighted by molar-refractivity contribution is -0.134. The Kier molecular flexibility index (Phi) is 9.46. The SMILES string of the molecule is CC(C)c1ccc(N(CC(=O)N/N=C\c2ccc(OCC(=O)N3CCCCC3)cc2)S(C)(=O)=O)cc1. The average molecular weight is 515 g/mol. The highest BCUT2D eigenvalue weighted by Gasteiger charge is 2.21. The van der Waals surface area contributed by atoms with E-state index in [2.05, 4.69) is 10.5 Å². The lowest BCUT2D eigenvalue weighted by Crippen LogP contribution is -2.39. The molecule has 1 heterocycles. The zero-order valence-electron chi connectivity index (χ0n) is 21.0. The smallest absolute Gasteiger partial charge is 0.260 e. The minimum absolute atomic E-state index is 0.000523. The molecule has 1 N–H and O–H groups in total. The summed E-state index contributed by atoms with van der Waals surface area (Å²) in [4.78, 5) is 26.4. The molecule has 194 valence electrons. The zero-order valence-corrected chi connectivity index (χ0v) is 21.8. The third kappa shape index (κ3) is 8.08. The third-order valence-electron chi connectivity index (χ3n) is 5.89. The normalized spacial score (nSPS) is 14.2. The Morgan fingerprint density at radius 2 is 1.69 bits per heavy atom. The highest BCUT2D eigenvalue weighted by Crippen LogP contribution is 2.22. The van der Waals surface area contributed by atoms with Crippen molar-refractivity contribution in [3.05, 3.63) is 59.7 Å². The van der Waals surface area contributed by atoms with Gasteiger partial charge in [-0.3, -0.25) is 13.9 Å². The molecule has 1 aliphatic heterocycles. The van der Waals surface area contributed by atoms with Crippen LogP contribution in [0.2, 0.25) is 0 Å². The molecule has 0 bridgehead atoms. The van der Waals surface area contributed by atoms with Crippen LogP contribution in [-0.2, 0) is 19.6 Å². The number of rotatable bonds is 10. The van der Waals surface area contributed by atoms with Gasteiger partial charge in [-0.25, -0.2) is 13.8 Å². The molecular weight excluding hydrogens is 480 g/mol. The van der Waals surface area contributed by atoms with Crippen LogP contribution in [-0.4, -0.2) is 63.8 Å². The molecule has 2 amide bonds. The van der Waals surface area contributed by atoms with Gasteiger partial charge in [0.15, 0.2) is 6.61 Å². The van der Waals surface area contributed by atoms with Crippen LogP contribution in [0.3, 0.4) is 0 Å². The highest BCUT2D eigenvalue weighted by molar-refractivity contribution is 7.92. The first-order chi connectivity index (χ1) is 17.1. The number of nitrogens with zero attached hydrogens (tertiary/aromatic N) is 3. The molecule has 10 heteroatoms. The van der Waals surface area contributed by atoms with E-state index >= 15 is 0 Å². The monoisotopic (exact) mass is 514 g/mol. The van der Waals surface area contributed by atoms with E-state index in [0.717, 1.165) is 48.5 Å².